The van der Waals surface area contributed by atoms with Crippen molar-refractivity contribution in [1.29, 1.82) is 0 Å². The molecule has 1 fully saturated rings. The van der Waals surface area contributed by atoms with Gasteiger partial charge in [0.1, 0.15) is 18.5 Å². The first-order valence-corrected chi connectivity index (χ1v) is 10.3. The van der Waals surface area contributed by atoms with Gasteiger partial charge in [0.05, 0.1) is 17.1 Å². The predicted octanol–water partition coefficient (Wildman–Crippen LogP) is 3.34. The lowest BCUT2D eigenvalue weighted by atomic mass is 10.1. The van der Waals surface area contributed by atoms with E-state index in [9.17, 15) is 18.7 Å². The topological polar surface area (TPSA) is 89.3 Å². The number of nitrogens with zero attached hydrogens (tertiary/aromatic N) is 3. The Morgan fingerprint density at radius 3 is 2.74 bits per heavy atom. The summed E-state index contributed by atoms with van der Waals surface area (Å²) in [6.07, 6.45) is 2.71. The summed E-state index contributed by atoms with van der Waals surface area (Å²) in [5, 5.41) is 17.9. The number of amides is 1. The highest BCUT2D eigenvalue weighted by Crippen LogP contribution is 2.40. The largest absolute Gasteiger partial charge is 0.491 e. The van der Waals surface area contributed by atoms with Crippen molar-refractivity contribution in [2.45, 2.75) is 44.8 Å². The van der Waals surface area contributed by atoms with Gasteiger partial charge in [0, 0.05) is 30.3 Å². The number of aliphatic hydroxyl groups excluding tert-OH is 1. The molecule has 31 heavy (non-hydrogen) atoms. The zero-order valence-electron chi connectivity index (χ0n) is 17.3. The van der Waals surface area contributed by atoms with E-state index in [-0.39, 0.29) is 30.9 Å². The van der Waals surface area contributed by atoms with Gasteiger partial charge in [0.2, 0.25) is 0 Å². The molecule has 0 bridgehead atoms. The zero-order chi connectivity index (χ0) is 22.1. The number of carbonyl (C=O) groups is 1. The first-order valence-electron chi connectivity index (χ1n) is 10.3. The first kappa shape index (κ1) is 21.2. The van der Waals surface area contributed by atoms with Crippen LogP contribution in [0.1, 0.15) is 54.7 Å². The highest BCUT2D eigenvalue weighted by atomic mass is 19.2. The second-order valence-corrected chi connectivity index (χ2v) is 8.04. The number of aliphatic hydroxyl groups is 1. The Morgan fingerprint density at radius 1 is 1.29 bits per heavy atom. The average Bonchev–Trinajstić information content (AvgIpc) is 3.50. The van der Waals surface area contributed by atoms with Crippen LogP contribution in [0, 0.1) is 11.6 Å². The molecule has 7 nitrogen and oxygen atoms in total. The summed E-state index contributed by atoms with van der Waals surface area (Å²) >= 11 is 0. The van der Waals surface area contributed by atoms with Gasteiger partial charge in [0.15, 0.2) is 17.3 Å². The number of benzene rings is 1. The molecule has 2 N–H and O–H groups in total. The molecule has 9 heteroatoms. The Kier molecular flexibility index (Phi) is 5.86. The number of halogens is 2. The first-order chi connectivity index (χ1) is 14.8. The van der Waals surface area contributed by atoms with Crippen molar-refractivity contribution in [3.05, 3.63) is 53.4 Å². The zero-order valence-corrected chi connectivity index (χ0v) is 17.3. The molecule has 2 aromatic heterocycles. The SMILES string of the molecule is CC(C)n1ncc2c(C(=O)NCC(O)COc3ccc(F)c(F)c3)cc(C3CC3)nc21. The highest BCUT2D eigenvalue weighted by molar-refractivity contribution is 6.05. The molecule has 0 aliphatic heterocycles. The molecule has 1 atom stereocenters. The number of ether oxygens (including phenoxy) is 1. The van der Waals surface area contributed by atoms with E-state index in [4.69, 9.17) is 9.72 Å². The van der Waals surface area contributed by atoms with E-state index >= 15 is 0 Å². The highest BCUT2D eigenvalue weighted by Gasteiger charge is 2.28. The van der Waals surface area contributed by atoms with Gasteiger partial charge in [-0.05, 0) is 44.9 Å². The third kappa shape index (κ3) is 4.66. The van der Waals surface area contributed by atoms with E-state index in [0.29, 0.717) is 22.5 Å². The summed E-state index contributed by atoms with van der Waals surface area (Å²) in [6, 6.07) is 5.02. The predicted molar refractivity (Wildman–Crippen MR) is 110 cm³/mol. The summed E-state index contributed by atoms with van der Waals surface area (Å²) in [5.74, 6) is -1.90. The fourth-order valence-corrected chi connectivity index (χ4v) is 3.32. The summed E-state index contributed by atoms with van der Waals surface area (Å²) in [5.41, 5.74) is 2.02. The number of aromatic nitrogens is 3. The lowest BCUT2D eigenvalue weighted by Gasteiger charge is -2.14. The third-order valence-corrected chi connectivity index (χ3v) is 5.15. The van der Waals surface area contributed by atoms with Gasteiger partial charge in [0.25, 0.3) is 5.91 Å². The smallest absolute Gasteiger partial charge is 0.252 e. The summed E-state index contributed by atoms with van der Waals surface area (Å²) in [6.45, 7) is 3.75. The maximum absolute atomic E-state index is 13.2. The third-order valence-electron chi connectivity index (χ3n) is 5.15. The molecule has 1 saturated carbocycles. The van der Waals surface area contributed by atoms with E-state index < -0.39 is 17.7 Å². The van der Waals surface area contributed by atoms with Crippen LogP contribution in [0.2, 0.25) is 0 Å². The number of carbonyl (C=O) groups excluding carboxylic acids is 1. The van der Waals surface area contributed by atoms with Gasteiger partial charge in [-0.15, -0.1) is 0 Å². The van der Waals surface area contributed by atoms with E-state index in [0.717, 1.165) is 30.7 Å². The van der Waals surface area contributed by atoms with Crippen molar-refractivity contribution in [3.63, 3.8) is 0 Å². The van der Waals surface area contributed by atoms with Crippen molar-refractivity contribution in [2.75, 3.05) is 13.2 Å². The maximum Gasteiger partial charge on any atom is 0.252 e. The van der Waals surface area contributed by atoms with E-state index in [1.54, 1.807) is 16.9 Å². The maximum atomic E-state index is 13.2. The summed E-state index contributed by atoms with van der Waals surface area (Å²) < 4.78 is 33.3. The second-order valence-electron chi connectivity index (χ2n) is 8.04. The van der Waals surface area contributed by atoms with Crippen LogP contribution in [0.4, 0.5) is 8.78 Å². The standard InChI is InChI=1S/C22H24F2N4O3/c1-12(2)28-21-17(10-26-28)16(8-20(27-21)13-3-4-13)22(30)25-9-14(29)11-31-15-5-6-18(23)19(24)7-15/h5-8,10,12-14,29H,3-4,9,11H2,1-2H3,(H,25,30). The molecule has 4 rings (SSSR count). The second kappa shape index (κ2) is 8.58. The number of rotatable bonds is 8. The molecule has 1 aliphatic rings. The minimum atomic E-state index is -1.03. The molecular weight excluding hydrogens is 406 g/mol. The van der Waals surface area contributed by atoms with Gasteiger partial charge in [-0.1, -0.05) is 0 Å². The van der Waals surface area contributed by atoms with E-state index in [2.05, 4.69) is 10.4 Å². The number of nitrogens with one attached hydrogen (secondary N) is 1. The van der Waals surface area contributed by atoms with Gasteiger partial charge in [-0.3, -0.25) is 4.79 Å². The number of hydrogen-bond donors (Lipinski definition) is 2. The fraction of sp³-hybridized carbons (Fsp3) is 0.409. The van der Waals surface area contributed by atoms with Crippen LogP contribution < -0.4 is 10.1 Å². The fourth-order valence-electron chi connectivity index (χ4n) is 3.32. The number of hydrogen-bond acceptors (Lipinski definition) is 5. The van der Waals surface area contributed by atoms with Gasteiger partial charge >= 0.3 is 0 Å². The lowest BCUT2D eigenvalue weighted by Crippen LogP contribution is -2.35. The van der Waals surface area contributed by atoms with Crippen molar-refractivity contribution in [2.24, 2.45) is 0 Å². The number of fused-ring (bicyclic) bond motifs is 1. The van der Waals surface area contributed by atoms with Crippen LogP contribution in [0.5, 0.6) is 5.75 Å². The Hall–Kier alpha value is -3.07. The van der Waals surface area contributed by atoms with Gasteiger partial charge in [-0.25, -0.2) is 18.4 Å². The van der Waals surface area contributed by atoms with Gasteiger partial charge < -0.3 is 15.2 Å². The average molecular weight is 430 g/mol. The molecule has 0 spiro atoms. The molecule has 1 aromatic carbocycles. The van der Waals surface area contributed by atoms with Gasteiger partial charge in [-0.2, -0.15) is 5.10 Å². The molecule has 0 radical (unpaired) electrons. The van der Waals surface area contributed by atoms with Crippen LogP contribution in [0.3, 0.4) is 0 Å². The van der Waals surface area contributed by atoms with Crippen molar-refractivity contribution in [3.8, 4) is 5.75 Å². The minimum absolute atomic E-state index is 0.0661. The van der Waals surface area contributed by atoms with Crippen LogP contribution in [-0.4, -0.2) is 45.0 Å². The van der Waals surface area contributed by atoms with Crippen LogP contribution in [0.25, 0.3) is 11.0 Å². The van der Waals surface area contributed by atoms with Crippen LogP contribution in [0.15, 0.2) is 30.5 Å². The molecular formula is C22H24F2N4O3. The normalized spacial score (nSPS) is 14.8. The molecule has 164 valence electrons. The summed E-state index contributed by atoms with van der Waals surface area (Å²) in [4.78, 5) is 17.6. The molecule has 0 saturated heterocycles. The Morgan fingerprint density at radius 2 is 2.06 bits per heavy atom. The minimum Gasteiger partial charge on any atom is -0.491 e. The van der Waals surface area contributed by atoms with E-state index in [1.165, 1.54) is 6.07 Å². The van der Waals surface area contributed by atoms with Crippen molar-refractivity contribution >= 4 is 16.9 Å². The van der Waals surface area contributed by atoms with Crippen molar-refractivity contribution < 1.29 is 23.4 Å². The molecule has 1 amide bonds. The molecule has 1 aliphatic carbocycles. The molecule has 2 heterocycles. The van der Waals surface area contributed by atoms with E-state index in [1.807, 2.05) is 13.8 Å². The lowest BCUT2D eigenvalue weighted by molar-refractivity contribution is 0.0844. The van der Waals surface area contributed by atoms with Crippen LogP contribution in [-0.2, 0) is 0 Å². The quantitative estimate of drug-likeness (QED) is 0.572. The molecule has 1 unspecified atom stereocenters. The monoisotopic (exact) mass is 430 g/mol. The van der Waals surface area contributed by atoms with Crippen LogP contribution >= 0.6 is 0 Å². The molecule has 3 aromatic rings. The Bertz CT molecular complexity index is 1110. The Balaban J connectivity index is 1.43. The summed E-state index contributed by atoms with van der Waals surface area (Å²) in [7, 11) is 0. The Labute approximate surface area is 178 Å². The number of pyridine rings is 1. The van der Waals surface area contributed by atoms with Crippen molar-refractivity contribution in [1.82, 2.24) is 20.1 Å².